The summed E-state index contributed by atoms with van der Waals surface area (Å²) in [6.07, 6.45) is 10.7. The zero-order valence-electron chi connectivity index (χ0n) is 18.3. The van der Waals surface area contributed by atoms with Crippen molar-refractivity contribution >= 4 is 17.5 Å². The van der Waals surface area contributed by atoms with Crippen LogP contribution >= 0.6 is 11.6 Å². The van der Waals surface area contributed by atoms with Gasteiger partial charge >= 0.3 is 0 Å². The highest BCUT2D eigenvalue weighted by atomic mass is 35.5. The number of hydrogen-bond donors (Lipinski definition) is 1. The van der Waals surface area contributed by atoms with Gasteiger partial charge < -0.3 is 19.5 Å². The minimum absolute atomic E-state index is 0.222. The molecular formula is C24H33ClN4O2. The number of rotatable bonds is 9. The number of hydrogen-bond acceptors (Lipinski definition) is 4. The number of methoxy groups -OCH3 is 1. The Balaban J connectivity index is 1.50. The lowest BCUT2D eigenvalue weighted by molar-refractivity contribution is -0.143. The van der Waals surface area contributed by atoms with E-state index in [2.05, 4.69) is 31.9 Å². The molecule has 2 aromatic rings. The fourth-order valence-corrected chi connectivity index (χ4v) is 5.60. The number of piperidine rings is 1. The van der Waals surface area contributed by atoms with E-state index in [0.717, 1.165) is 43.8 Å². The van der Waals surface area contributed by atoms with Crippen molar-refractivity contribution in [1.29, 1.82) is 0 Å². The first-order chi connectivity index (χ1) is 15.2. The first-order valence-corrected chi connectivity index (χ1v) is 11.8. The Hall–Kier alpha value is -1.89. The normalized spacial score (nSPS) is 26.1. The van der Waals surface area contributed by atoms with E-state index in [4.69, 9.17) is 16.3 Å². The van der Waals surface area contributed by atoms with Crippen molar-refractivity contribution in [1.82, 2.24) is 19.8 Å². The second kappa shape index (κ2) is 10.6. The third-order valence-corrected chi connectivity index (χ3v) is 7.15. The van der Waals surface area contributed by atoms with Crippen LogP contribution in [0.3, 0.4) is 0 Å². The van der Waals surface area contributed by atoms with Crippen molar-refractivity contribution in [2.45, 2.75) is 56.7 Å². The van der Waals surface area contributed by atoms with Gasteiger partial charge in [-0.25, -0.2) is 4.98 Å². The number of ether oxygens (including phenoxy) is 1. The number of nitrogens with zero attached hydrogens (tertiary/aromatic N) is 3. The SMILES string of the molecule is COCCN1C(=O)C[C@H](c2ccc(Cl)cc2)[C@H]2[C@@H](NCCCn3ccnc3)CCC[C@H]21. The smallest absolute Gasteiger partial charge is 0.223 e. The molecule has 0 unspecified atom stereocenters. The molecule has 0 spiro atoms. The molecular weight excluding hydrogens is 412 g/mol. The summed E-state index contributed by atoms with van der Waals surface area (Å²) in [5, 5.41) is 4.59. The Labute approximate surface area is 189 Å². The summed E-state index contributed by atoms with van der Waals surface area (Å²) < 4.78 is 7.43. The Morgan fingerprint density at radius 1 is 1.23 bits per heavy atom. The highest BCUT2D eigenvalue weighted by Gasteiger charge is 2.47. The number of carbonyl (C=O) groups is 1. The van der Waals surface area contributed by atoms with Crippen LogP contribution in [0.15, 0.2) is 43.0 Å². The molecule has 4 rings (SSSR count). The Kier molecular flexibility index (Phi) is 7.64. The molecule has 0 bridgehead atoms. The molecule has 0 radical (unpaired) electrons. The minimum atomic E-state index is 0.222. The van der Waals surface area contributed by atoms with Crippen molar-refractivity contribution in [2.75, 3.05) is 26.8 Å². The van der Waals surface area contributed by atoms with Gasteiger partial charge in [-0.2, -0.15) is 0 Å². The highest BCUT2D eigenvalue weighted by Crippen LogP contribution is 2.44. The van der Waals surface area contributed by atoms with Crippen molar-refractivity contribution in [3.05, 3.63) is 53.6 Å². The molecule has 4 atom stereocenters. The molecule has 2 fully saturated rings. The van der Waals surface area contributed by atoms with Gasteiger partial charge in [-0.05, 0) is 55.8 Å². The zero-order valence-corrected chi connectivity index (χ0v) is 19.0. The zero-order chi connectivity index (χ0) is 21.6. The molecule has 2 heterocycles. The maximum Gasteiger partial charge on any atom is 0.223 e. The number of halogens is 1. The van der Waals surface area contributed by atoms with Crippen LogP contribution in [0.5, 0.6) is 0 Å². The van der Waals surface area contributed by atoms with Gasteiger partial charge in [0.2, 0.25) is 5.91 Å². The Morgan fingerprint density at radius 2 is 2.06 bits per heavy atom. The fraction of sp³-hybridized carbons (Fsp3) is 0.583. The van der Waals surface area contributed by atoms with E-state index in [1.54, 1.807) is 7.11 Å². The number of aromatic nitrogens is 2. The van der Waals surface area contributed by atoms with Gasteiger partial charge in [0.25, 0.3) is 0 Å². The predicted octanol–water partition coefficient (Wildman–Crippen LogP) is 3.72. The largest absolute Gasteiger partial charge is 0.383 e. The van der Waals surface area contributed by atoms with Crippen molar-refractivity contribution in [3.63, 3.8) is 0 Å². The minimum Gasteiger partial charge on any atom is -0.383 e. The Morgan fingerprint density at radius 3 is 2.81 bits per heavy atom. The monoisotopic (exact) mass is 444 g/mol. The molecule has 1 aromatic heterocycles. The number of aryl methyl sites for hydroxylation is 1. The topological polar surface area (TPSA) is 59.4 Å². The molecule has 168 valence electrons. The summed E-state index contributed by atoms with van der Waals surface area (Å²) in [5.74, 6) is 0.872. The maximum absolute atomic E-state index is 13.1. The lowest BCUT2D eigenvalue weighted by Gasteiger charge is -2.51. The molecule has 1 amide bonds. The number of likely N-dealkylation sites (tertiary alicyclic amines) is 1. The van der Waals surface area contributed by atoms with E-state index in [-0.39, 0.29) is 17.9 Å². The van der Waals surface area contributed by atoms with Crippen LogP contribution in [0.25, 0.3) is 0 Å². The molecule has 1 saturated heterocycles. The molecule has 1 aliphatic heterocycles. The third kappa shape index (κ3) is 5.30. The van der Waals surface area contributed by atoms with E-state index < -0.39 is 0 Å². The molecule has 2 aliphatic rings. The van der Waals surface area contributed by atoms with Gasteiger partial charge in [-0.15, -0.1) is 0 Å². The molecule has 1 saturated carbocycles. The van der Waals surface area contributed by atoms with Crippen LogP contribution in [-0.2, 0) is 16.1 Å². The number of fused-ring (bicyclic) bond motifs is 1. The lowest BCUT2D eigenvalue weighted by atomic mass is 9.66. The number of imidazole rings is 1. The van der Waals surface area contributed by atoms with Gasteiger partial charge in [-0.3, -0.25) is 4.79 Å². The van der Waals surface area contributed by atoms with Gasteiger partial charge in [0.05, 0.1) is 12.9 Å². The lowest BCUT2D eigenvalue weighted by Crippen LogP contribution is -2.60. The van der Waals surface area contributed by atoms with E-state index in [9.17, 15) is 4.79 Å². The maximum atomic E-state index is 13.1. The molecule has 1 N–H and O–H groups in total. The fourth-order valence-electron chi connectivity index (χ4n) is 5.48. The second-order valence-electron chi connectivity index (χ2n) is 8.73. The van der Waals surface area contributed by atoms with Crippen LogP contribution in [0, 0.1) is 5.92 Å². The van der Waals surface area contributed by atoms with Crippen LogP contribution in [-0.4, -0.2) is 59.2 Å². The highest BCUT2D eigenvalue weighted by molar-refractivity contribution is 6.30. The number of nitrogens with one attached hydrogen (secondary N) is 1. The van der Waals surface area contributed by atoms with E-state index >= 15 is 0 Å². The molecule has 1 aromatic carbocycles. The second-order valence-corrected chi connectivity index (χ2v) is 9.17. The summed E-state index contributed by atoms with van der Waals surface area (Å²) in [7, 11) is 1.70. The Bertz CT molecular complexity index is 827. The van der Waals surface area contributed by atoms with Crippen LogP contribution in [0.4, 0.5) is 0 Å². The molecule has 7 heteroatoms. The first kappa shape index (κ1) is 22.3. The average molecular weight is 445 g/mol. The molecule has 31 heavy (non-hydrogen) atoms. The average Bonchev–Trinajstić information content (AvgIpc) is 3.30. The van der Waals surface area contributed by atoms with Gasteiger partial charge in [0.1, 0.15) is 0 Å². The number of carbonyl (C=O) groups excluding carboxylic acids is 1. The number of benzene rings is 1. The van der Waals surface area contributed by atoms with Crippen molar-refractivity contribution < 1.29 is 9.53 Å². The number of amides is 1. The molecule has 1 aliphatic carbocycles. The van der Waals surface area contributed by atoms with Crippen molar-refractivity contribution in [2.24, 2.45) is 5.92 Å². The quantitative estimate of drug-likeness (QED) is 0.599. The summed E-state index contributed by atoms with van der Waals surface area (Å²) in [6, 6.07) is 8.77. The van der Waals surface area contributed by atoms with Gasteiger partial charge in [-0.1, -0.05) is 23.7 Å². The van der Waals surface area contributed by atoms with Crippen LogP contribution in [0.2, 0.25) is 5.02 Å². The summed E-state index contributed by atoms with van der Waals surface area (Å²) in [6.45, 7) is 3.19. The van der Waals surface area contributed by atoms with E-state index in [1.807, 2.05) is 30.9 Å². The summed E-state index contributed by atoms with van der Waals surface area (Å²) in [4.78, 5) is 19.3. The van der Waals surface area contributed by atoms with E-state index in [1.165, 1.54) is 5.56 Å². The molecule has 6 nitrogen and oxygen atoms in total. The van der Waals surface area contributed by atoms with Crippen LogP contribution < -0.4 is 5.32 Å². The van der Waals surface area contributed by atoms with Gasteiger partial charge in [0.15, 0.2) is 0 Å². The van der Waals surface area contributed by atoms with E-state index in [0.29, 0.717) is 31.5 Å². The van der Waals surface area contributed by atoms with Crippen LogP contribution in [0.1, 0.15) is 43.6 Å². The van der Waals surface area contributed by atoms with Gasteiger partial charge in [0, 0.05) is 62.0 Å². The summed E-state index contributed by atoms with van der Waals surface area (Å²) >= 11 is 6.14. The summed E-state index contributed by atoms with van der Waals surface area (Å²) in [5.41, 5.74) is 1.23. The standard InChI is InChI=1S/C24H33ClN4O2/c1-31-15-14-29-22-5-2-4-21(27-10-3-12-28-13-11-26-17-28)24(22)20(16-23(29)30)18-6-8-19(25)9-7-18/h6-9,11,13,17,20-22,24,27H,2-5,10,12,14-16H2,1H3/t20-,21+,22-,24+/m1/s1. The third-order valence-electron chi connectivity index (χ3n) is 6.90. The first-order valence-electron chi connectivity index (χ1n) is 11.4. The predicted molar refractivity (Wildman–Crippen MR) is 122 cm³/mol. The van der Waals surface area contributed by atoms with Crippen molar-refractivity contribution in [3.8, 4) is 0 Å².